The molecule has 2 heterocycles. The predicted octanol–water partition coefficient (Wildman–Crippen LogP) is 3.22. The van der Waals surface area contributed by atoms with Gasteiger partial charge in [0.2, 0.25) is 0 Å². The summed E-state index contributed by atoms with van der Waals surface area (Å²) < 4.78 is 5.48. The molecule has 6 nitrogen and oxygen atoms in total. The molecule has 0 radical (unpaired) electrons. The third kappa shape index (κ3) is 3.16. The van der Waals surface area contributed by atoms with Crippen molar-refractivity contribution >= 4 is 27.6 Å². The molecule has 1 fully saturated rings. The molecular weight excluding hydrogens is 366 g/mol. The Balaban J connectivity index is 1.58. The van der Waals surface area contributed by atoms with Crippen LogP contribution in [0.25, 0.3) is 32.8 Å². The molecular formula is C23H21N3O3. The zero-order chi connectivity index (χ0) is 19.8. The molecule has 1 aliphatic heterocycles. The Labute approximate surface area is 167 Å². The summed E-state index contributed by atoms with van der Waals surface area (Å²) in [5.74, 6) is -0.0291. The number of H-pyrrole nitrogens is 1. The predicted molar refractivity (Wildman–Crippen MR) is 112 cm³/mol. The van der Waals surface area contributed by atoms with E-state index in [0.717, 1.165) is 32.8 Å². The molecule has 1 atom stereocenters. The minimum Gasteiger partial charge on any atom is -0.394 e. The van der Waals surface area contributed by atoms with Crippen molar-refractivity contribution < 1.29 is 14.6 Å². The first kappa shape index (κ1) is 17.8. The van der Waals surface area contributed by atoms with Gasteiger partial charge in [-0.3, -0.25) is 9.89 Å². The van der Waals surface area contributed by atoms with Crippen molar-refractivity contribution in [3.63, 3.8) is 0 Å². The summed E-state index contributed by atoms with van der Waals surface area (Å²) in [6.07, 6.45) is 1.49. The van der Waals surface area contributed by atoms with Gasteiger partial charge in [0.25, 0.3) is 5.91 Å². The lowest BCUT2D eigenvalue weighted by molar-refractivity contribution is -0.0446. The molecule has 1 aromatic heterocycles. The lowest BCUT2D eigenvalue weighted by Crippen LogP contribution is -2.46. The number of amides is 1. The number of carbonyl (C=O) groups is 1. The Bertz CT molecular complexity index is 1200. The number of hydrogen-bond donors (Lipinski definition) is 2. The average molecular weight is 387 g/mol. The molecule has 0 unspecified atom stereocenters. The second kappa shape index (κ2) is 7.31. The van der Waals surface area contributed by atoms with Gasteiger partial charge in [0, 0.05) is 24.0 Å². The van der Waals surface area contributed by atoms with Crippen LogP contribution >= 0.6 is 0 Å². The van der Waals surface area contributed by atoms with Crippen molar-refractivity contribution in [3.05, 3.63) is 66.4 Å². The normalized spacial score (nSPS) is 17.1. The van der Waals surface area contributed by atoms with Gasteiger partial charge in [-0.15, -0.1) is 0 Å². The molecule has 1 saturated heterocycles. The third-order valence-corrected chi connectivity index (χ3v) is 5.54. The number of aliphatic hydroxyl groups is 1. The molecule has 3 aromatic carbocycles. The molecule has 0 aliphatic carbocycles. The quantitative estimate of drug-likeness (QED) is 0.566. The second-order valence-corrected chi connectivity index (χ2v) is 7.30. The Morgan fingerprint density at radius 2 is 2.03 bits per heavy atom. The van der Waals surface area contributed by atoms with E-state index in [1.807, 2.05) is 36.4 Å². The van der Waals surface area contributed by atoms with Crippen LogP contribution in [-0.2, 0) is 4.74 Å². The minimum atomic E-state index is -0.320. The number of nitrogens with one attached hydrogen (secondary N) is 1. The smallest absolute Gasteiger partial charge is 0.254 e. The fraction of sp³-hybridized carbons (Fsp3) is 0.217. The van der Waals surface area contributed by atoms with E-state index in [0.29, 0.717) is 25.3 Å². The van der Waals surface area contributed by atoms with Gasteiger partial charge in [0.05, 0.1) is 31.0 Å². The van der Waals surface area contributed by atoms with Crippen molar-refractivity contribution in [3.8, 4) is 11.1 Å². The van der Waals surface area contributed by atoms with Gasteiger partial charge in [0.1, 0.15) is 0 Å². The van der Waals surface area contributed by atoms with E-state index in [2.05, 4.69) is 28.4 Å². The van der Waals surface area contributed by atoms with Crippen LogP contribution in [0.4, 0.5) is 0 Å². The van der Waals surface area contributed by atoms with Crippen molar-refractivity contribution in [2.45, 2.75) is 6.10 Å². The Morgan fingerprint density at radius 3 is 2.90 bits per heavy atom. The summed E-state index contributed by atoms with van der Waals surface area (Å²) in [4.78, 5) is 15.0. The molecule has 0 bridgehead atoms. The standard InChI is InChI=1S/C23H21N3O3/c27-14-17-13-26(9-10-29-17)23(28)21-8-7-18(19-3-1-2-4-20(19)21)15-5-6-16-12-24-25-22(16)11-15/h1-8,11-12,17,27H,9-10,13-14H2,(H,24,25)/t17-/m0/s1. The molecule has 1 aliphatic rings. The van der Waals surface area contributed by atoms with Gasteiger partial charge in [-0.25, -0.2) is 0 Å². The number of carbonyl (C=O) groups excluding carboxylic acids is 1. The number of aromatic nitrogens is 2. The van der Waals surface area contributed by atoms with E-state index in [9.17, 15) is 9.90 Å². The fourth-order valence-electron chi connectivity index (χ4n) is 4.03. The van der Waals surface area contributed by atoms with Crippen LogP contribution in [-0.4, -0.2) is 58.5 Å². The molecule has 29 heavy (non-hydrogen) atoms. The van der Waals surface area contributed by atoms with E-state index in [-0.39, 0.29) is 18.6 Å². The molecule has 6 heteroatoms. The van der Waals surface area contributed by atoms with E-state index in [1.54, 1.807) is 11.1 Å². The Morgan fingerprint density at radius 1 is 1.17 bits per heavy atom. The molecule has 146 valence electrons. The molecule has 2 N–H and O–H groups in total. The molecule has 5 rings (SSSR count). The summed E-state index contributed by atoms with van der Waals surface area (Å²) >= 11 is 0. The van der Waals surface area contributed by atoms with Crippen LogP contribution in [0.1, 0.15) is 10.4 Å². The van der Waals surface area contributed by atoms with Crippen molar-refractivity contribution in [1.82, 2.24) is 15.1 Å². The van der Waals surface area contributed by atoms with Crippen LogP contribution in [0.3, 0.4) is 0 Å². The third-order valence-electron chi connectivity index (χ3n) is 5.54. The van der Waals surface area contributed by atoms with Gasteiger partial charge < -0.3 is 14.7 Å². The highest BCUT2D eigenvalue weighted by atomic mass is 16.5. The van der Waals surface area contributed by atoms with Crippen molar-refractivity contribution in [1.29, 1.82) is 0 Å². The maximum atomic E-state index is 13.2. The minimum absolute atomic E-state index is 0.0291. The number of morpholine rings is 1. The number of aromatic amines is 1. The lowest BCUT2D eigenvalue weighted by Gasteiger charge is -2.32. The summed E-state index contributed by atoms with van der Waals surface area (Å²) in [6, 6.07) is 18.1. The fourth-order valence-corrected chi connectivity index (χ4v) is 4.03. The van der Waals surface area contributed by atoms with Crippen LogP contribution in [0, 0.1) is 0 Å². The summed E-state index contributed by atoms with van der Waals surface area (Å²) in [5, 5.41) is 19.5. The number of aliphatic hydroxyl groups excluding tert-OH is 1. The second-order valence-electron chi connectivity index (χ2n) is 7.30. The number of rotatable bonds is 3. The first-order valence-electron chi connectivity index (χ1n) is 9.71. The highest BCUT2D eigenvalue weighted by molar-refractivity contribution is 6.11. The zero-order valence-corrected chi connectivity index (χ0v) is 15.8. The number of nitrogens with zero attached hydrogens (tertiary/aromatic N) is 2. The van der Waals surface area contributed by atoms with Gasteiger partial charge in [-0.2, -0.15) is 5.10 Å². The highest BCUT2D eigenvalue weighted by Crippen LogP contribution is 2.33. The van der Waals surface area contributed by atoms with E-state index in [4.69, 9.17) is 4.74 Å². The van der Waals surface area contributed by atoms with E-state index in [1.165, 1.54) is 0 Å². The monoisotopic (exact) mass is 387 g/mol. The van der Waals surface area contributed by atoms with Crippen molar-refractivity contribution in [2.24, 2.45) is 0 Å². The maximum absolute atomic E-state index is 13.2. The maximum Gasteiger partial charge on any atom is 0.254 e. The molecule has 1 amide bonds. The van der Waals surface area contributed by atoms with Crippen molar-refractivity contribution in [2.75, 3.05) is 26.3 Å². The van der Waals surface area contributed by atoms with Gasteiger partial charge in [-0.1, -0.05) is 42.5 Å². The molecule has 0 spiro atoms. The number of benzene rings is 3. The topological polar surface area (TPSA) is 78.5 Å². The lowest BCUT2D eigenvalue weighted by atomic mass is 9.94. The van der Waals surface area contributed by atoms with Gasteiger partial charge in [0.15, 0.2) is 0 Å². The van der Waals surface area contributed by atoms with Crippen LogP contribution in [0.5, 0.6) is 0 Å². The van der Waals surface area contributed by atoms with Gasteiger partial charge in [-0.05, 0) is 34.0 Å². The Kier molecular flexibility index (Phi) is 4.50. The first-order valence-corrected chi connectivity index (χ1v) is 9.71. The van der Waals surface area contributed by atoms with E-state index < -0.39 is 0 Å². The van der Waals surface area contributed by atoms with E-state index >= 15 is 0 Å². The van der Waals surface area contributed by atoms with Crippen LogP contribution in [0.15, 0.2) is 60.8 Å². The van der Waals surface area contributed by atoms with Crippen LogP contribution < -0.4 is 0 Å². The number of hydrogen-bond acceptors (Lipinski definition) is 4. The Hall–Kier alpha value is -3.22. The summed E-state index contributed by atoms with van der Waals surface area (Å²) in [6.45, 7) is 1.29. The average Bonchev–Trinajstić information content (AvgIpc) is 3.26. The summed E-state index contributed by atoms with van der Waals surface area (Å²) in [5.41, 5.74) is 3.80. The van der Waals surface area contributed by atoms with Crippen LogP contribution in [0.2, 0.25) is 0 Å². The molecule has 0 saturated carbocycles. The SMILES string of the molecule is O=C(c1ccc(-c2ccc3cn[nH]c3c2)c2ccccc12)N1CCO[C@H](CO)C1. The number of ether oxygens (including phenoxy) is 1. The summed E-state index contributed by atoms with van der Waals surface area (Å²) in [7, 11) is 0. The number of fused-ring (bicyclic) bond motifs is 2. The first-order chi connectivity index (χ1) is 14.2. The zero-order valence-electron chi connectivity index (χ0n) is 15.8. The molecule has 4 aromatic rings. The largest absolute Gasteiger partial charge is 0.394 e. The highest BCUT2D eigenvalue weighted by Gasteiger charge is 2.26. The van der Waals surface area contributed by atoms with Gasteiger partial charge >= 0.3 is 0 Å².